The van der Waals surface area contributed by atoms with Crippen molar-refractivity contribution in [3.63, 3.8) is 0 Å². The highest BCUT2D eigenvalue weighted by atomic mass is 16.5. The quantitative estimate of drug-likeness (QED) is 0.0651. The van der Waals surface area contributed by atoms with E-state index in [1.165, 1.54) is 32.1 Å². The van der Waals surface area contributed by atoms with Crippen LogP contribution in [0.1, 0.15) is 144 Å². The molecule has 40 heavy (non-hydrogen) atoms. The molecule has 1 rings (SSSR count). The van der Waals surface area contributed by atoms with Gasteiger partial charge in [-0.05, 0) is 37.8 Å². The second-order valence-electron chi connectivity index (χ2n) is 10.4. The Balaban J connectivity index is 3.08. The van der Waals surface area contributed by atoms with Gasteiger partial charge < -0.3 is 18.9 Å². The van der Waals surface area contributed by atoms with E-state index in [1.54, 1.807) is 19.3 Å². The Bertz CT molecular complexity index is 802. The minimum Gasteiger partial charge on any atom is -0.493 e. The Labute approximate surface area is 246 Å². The van der Waals surface area contributed by atoms with Crippen molar-refractivity contribution in [1.29, 1.82) is 0 Å². The fourth-order valence-corrected chi connectivity index (χ4v) is 4.27. The maximum atomic E-state index is 13.1. The van der Waals surface area contributed by atoms with Crippen LogP contribution in [0.2, 0.25) is 6.32 Å². The third-order valence-electron chi connectivity index (χ3n) is 6.76. The van der Waals surface area contributed by atoms with E-state index in [2.05, 4.69) is 20.8 Å². The Hall–Kier alpha value is -2.11. The minimum absolute atomic E-state index is 0.278. The molecular weight excluding hydrogens is 502 g/mol. The third kappa shape index (κ3) is 16.2. The lowest BCUT2D eigenvalue weighted by molar-refractivity contribution is 0.0476. The Morgan fingerprint density at radius 1 is 0.575 bits per heavy atom. The zero-order valence-electron chi connectivity index (χ0n) is 25.6. The molecule has 0 saturated carbocycles. The lowest BCUT2D eigenvalue weighted by atomic mass is 9.53. The summed E-state index contributed by atoms with van der Waals surface area (Å²) in [6.45, 7) is 8.05. The number of rotatable bonds is 26. The van der Waals surface area contributed by atoms with E-state index in [9.17, 15) is 9.59 Å². The zero-order chi connectivity index (χ0) is 29.3. The van der Waals surface area contributed by atoms with Gasteiger partial charge in [0.25, 0.3) is 0 Å². The van der Waals surface area contributed by atoms with Crippen LogP contribution in [0, 0.1) is 0 Å². The maximum Gasteiger partial charge on any atom is 0.342 e. The number of carbonyl (C=O) groups excluding carboxylic acids is 2. The molecule has 0 bridgehead atoms. The van der Waals surface area contributed by atoms with Crippen molar-refractivity contribution in [2.45, 2.75) is 130 Å². The van der Waals surface area contributed by atoms with Crippen LogP contribution in [0.3, 0.4) is 0 Å². The van der Waals surface area contributed by atoms with Gasteiger partial charge in [-0.25, -0.2) is 9.59 Å². The van der Waals surface area contributed by atoms with Gasteiger partial charge in [0, 0.05) is 7.74 Å². The largest absolute Gasteiger partial charge is 0.493 e. The van der Waals surface area contributed by atoms with Crippen molar-refractivity contribution in [2.75, 3.05) is 26.4 Å². The summed E-state index contributed by atoms with van der Waals surface area (Å²) in [7, 11) is 7.06. The summed E-state index contributed by atoms with van der Waals surface area (Å²) < 4.78 is 23.3. The SMILES string of the molecule is [B][B]CCCCOC(=O)c1cc(OCCCCCCC)c(C(=O)OCCCCC)cc1OCCCCCCCC. The average Bonchev–Trinajstić information content (AvgIpc) is 2.96. The number of ether oxygens (including phenoxy) is 4. The number of hydrogen-bond acceptors (Lipinski definition) is 6. The summed E-state index contributed by atoms with van der Waals surface area (Å²) >= 11 is 0. The number of unbranched alkanes of at least 4 members (excludes halogenated alkanes) is 12. The van der Waals surface area contributed by atoms with Crippen LogP contribution in [-0.2, 0) is 9.47 Å². The summed E-state index contributed by atoms with van der Waals surface area (Å²) in [6, 6.07) is 3.20. The molecule has 0 N–H and O–H groups in total. The average molecular weight is 555 g/mol. The van der Waals surface area contributed by atoms with E-state index in [4.69, 9.17) is 26.7 Å². The molecule has 0 heterocycles. The highest BCUT2D eigenvalue weighted by Crippen LogP contribution is 2.31. The zero-order valence-corrected chi connectivity index (χ0v) is 25.6. The third-order valence-corrected chi connectivity index (χ3v) is 6.76. The van der Waals surface area contributed by atoms with Crippen molar-refractivity contribution >= 4 is 26.8 Å². The lowest BCUT2D eigenvalue weighted by Gasteiger charge is -2.17. The fourth-order valence-electron chi connectivity index (χ4n) is 4.27. The standard InChI is InChI=1S/C32H53B2O6/c1-4-7-10-12-14-18-22-38-30-25-27(31(35)39-23-16-9-6-3)29(37-21-17-13-11-8-5-2)26-28(30)32(36)40-24-19-15-20-34-33/h25-26H,4-24H2,1-3H3. The molecule has 0 amide bonds. The van der Waals surface area contributed by atoms with Gasteiger partial charge in [-0.2, -0.15) is 0 Å². The first-order valence-corrected chi connectivity index (χ1v) is 15.9. The smallest absolute Gasteiger partial charge is 0.342 e. The lowest BCUT2D eigenvalue weighted by Crippen LogP contribution is -2.14. The number of hydrogen-bond donors (Lipinski definition) is 0. The van der Waals surface area contributed by atoms with Gasteiger partial charge in [-0.15, -0.1) is 0 Å². The fraction of sp³-hybridized carbons (Fsp3) is 0.750. The van der Waals surface area contributed by atoms with Crippen molar-refractivity contribution < 1.29 is 28.5 Å². The summed E-state index contributed by atoms with van der Waals surface area (Å²) in [5, 5.41) is 0. The van der Waals surface area contributed by atoms with Crippen LogP contribution in [-0.4, -0.2) is 53.3 Å². The highest BCUT2D eigenvalue weighted by Gasteiger charge is 2.23. The Morgan fingerprint density at radius 2 is 0.950 bits per heavy atom. The van der Waals surface area contributed by atoms with Crippen LogP contribution in [0.5, 0.6) is 11.5 Å². The molecule has 0 unspecified atom stereocenters. The predicted molar refractivity (Wildman–Crippen MR) is 165 cm³/mol. The molecule has 223 valence electrons. The van der Waals surface area contributed by atoms with Crippen molar-refractivity contribution in [2.24, 2.45) is 0 Å². The molecule has 3 radical (unpaired) electrons. The van der Waals surface area contributed by atoms with Gasteiger partial charge in [0.1, 0.15) is 22.6 Å². The first-order chi connectivity index (χ1) is 19.6. The predicted octanol–water partition coefficient (Wildman–Crippen LogP) is 8.27. The molecule has 0 fully saturated rings. The number of benzene rings is 1. The van der Waals surface area contributed by atoms with Crippen LogP contribution in [0.4, 0.5) is 0 Å². The molecule has 0 spiro atoms. The van der Waals surface area contributed by atoms with E-state index < -0.39 is 11.9 Å². The molecule has 1 aromatic carbocycles. The van der Waals surface area contributed by atoms with E-state index >= 15 is 0 Å². The van der Waals surface area contributed by atoms with Crippen LogP contribution in [0.15, 0.2) is 12.1 Å². The van der Waals surface area contributed by atoms with E-state index in [1.807, 2.05) is 0 Å². The molecule has 0 atom stereocenters. The molecule has 6 nitrogen and oxygen atoms in total. The van der Waals surface area contributed by atoms with Gasteiger partial charge in [0.05, 0.1) is 33.6 Å². The van der Waals surface area contributed by atoms with E-state index in [-0.39, 0.29) is 11.1 Å². The van der Waals surface area contributed by atoms with Gasteiger partial charge in [0.2, 0.25) is 0 Å². The molecule has 0 aliphatic heterocycles. The van der Waals surface area contributed by atoms with E-state index in [0.29, 0.717) is 37.9 Å². The number of esters is 2. The van der Waals surface area contributed by atoms with Gasteiger partial charge >= 0.3 is 11.9 Å². The Morgan fingerprint density at radius 3 is 1.40 bits per heavy atom. The summed E-state index contributed by atoms with van der Waals surface area (Å²) in [5.74, 6) is -0.262. The molecule has 0 saturated heterocycles. The summed E-state index contributed by atoms with van der Waals surface area (Å²) in [4.78, 5) is 26.2. The first-order valence-electron chi connectivity index (χ1n) is 15.9. The highest BCUT2D eigenvalue weighted by molar-refractivity contribution is 6.89. The maximum absolute atomic E-state index is 13.1. The van der Waals surface area contributed by atoms with Gasteiger partial charge in [-0.3, -0.25) is 0 Å². The van der Waals surface area contributed by atoms with E-state index in [0.717, 1.165) is 76.9 Å². The summed E-state index contributed by atoms with van der Waals surface area (Å²) in [5.41, 5.74) is 0.568. The molecule has 0 aliphatic rings. The molecular formula is C32H53B2O6. The number of carbonyl (C=O) groups is 2. The molecule has 0 aromatic heterocycles. The molecule has 8 heteroatoms. The second kappa shape index (κ2) is 24.7. The van der Waals surface area contributed by atoms with Gasteiger partial charge in [0.15, 0.2) is 0 Å². The van der Waals surface area contributed by atoms with Crippen molar-refractivity contribution in [3.8, 4) is 11.5 Å². The van der Waals surface area contributed by atoms with Crippen LogP contribution < -0.4 is 9.47 Å². The molecule has 1 aromatic rings. The van der Waals surface area contributed by atoms with Gasteiger partial charge in [-0.1, -0.05) is 104 Å². The first kappa shape index (κ1) is 35.9. The van der Waals surface area contributed by atoms with Crippen molar-refractivity contribution in [1.82, 2.24) is 0 Å². The summed E-state index contributed by atoms with van der Waals surface area (Å²) in [6.07, 6.45) is 17.4. The molecule has 0 aliphatic carbocycles. The topological polar surface area (TPSA) is 71.1 Å². The van der Waals surface area contributed by atoms with Crippen LogP contribution in [0.25, 0.3) is 0 Å². The normalized spacial score (nSPS) is 10.8. The van der Waals surface area contributed by atoms with Crippen molar-refractivity contribution in [3.05, 3.63) is 23.3 Å². The van der Waals surface area contributed by atoms with Crippen LogP contribution >= 0.6 is 0 Å². The Kier molecular flexibility index (Phi) is 22.1. The monoisotopic (exact) mass is 555 g/mol. The minimum atomic E-state index is -0.481. The second-order valence-corrected chi connectivity index (χ2v) is 10.4.